The summed E-state index contributed by atoms with van der Waals surface area (Å²) in [5.41, 5.74) is 0.839. The molecule has 2 rings (SSSR count). The summed E-state index contributed by atoms with van der Waals surface area (Å²) in [5, 5.41) is 16.1. The first-order valence-electron chi connectivity index (χ1n) is 6.61. The predicted molar refractivity (Wildman–Crippen MR) is 78.3 cm³/mol. The van der Waals surface area contributed by atoms with E-state index in [0.717, 1.165) is 17.1 Å². The molecule has 1 atom stereocenters. The van der Waals surface area contributed by atoms with E-state index in [4.69, 9.17) is 0 Å². The van der Waals surface area contributed by atoms with Crippen LogP contribution in [0.5, 0.6) is 0 Å². The lowest BCUT2D eigenvalue weighted by molar-refractivity contribution is -0.122. The van der Waals surface area contributed by atoms with Crippen LogP contribution in [0.4, 0.5) is 0 Å². The highest BCUT2D eigenvalue weighted by molar-refractivity contribution is 7.10. The first kappa shape index (κ1) is 14.7. The molecule has 2 aromatic heterocycles. The van der Waals surface area contributed by atoms with E-state index in [9.17, 15) is 4.79 Å². The van der Waals surface area contributed by atoms with Gasteiger partial charge in [0.15, 0.2) is 0 Å². The summed E-state index contributed by atoms with van der Waals surface area (Å²) >= 11 is 1.63. The van der Waals surface area contributed by atoms with Gasteiger partial charge in [0, 0.05) is 11.4 Å². The van der Waals surface area contributed by atoms with Crippen molar-refractivity contribution in [3.05, 3.63) is 34.3 Å². The van der Waals surface area contributed by atoms with Gasteiger partial charge in [-0.1, -0.05) is 18.2 Å². The van der Waals surface area contributed by atoms with Crippen LogP contribution in [-0.2, 0) is 17.9 Å². The van der Waals surface area contributed by atoms with Crippen molar-refractivity contribution < 1.29 is 4.79 Å². The average Bonchev–Trinajstić information content (AvgIpc) is 3.07. The molecule has 0 saturated heterocycles. The van der Waals surface area contributed by atoms with E-state index < -0.39 is 0 Å². The lowest BCUT2D eigenvalue weighted by atomic mass is 10.3. The lowest BCUT2D eigenvalue weighted by Gasteiger charge is -2.11. The van der Waals surface area contributed by atoms with Crippen molar-refractivity contribution in [3.8, 4) is 0 Å². The van der Waals surface area contributed by atoms with Crippen LogP contribution in [0.15, 0.2) is 23.7 Å². The van der Waals surface area contributed by atoms with Crippen LogP contribution in [0.2, 0.25) is 0 Å². The average molecular weight is 293 g/mol. The summed E-state index contributed by atoms with van der Waals surface area (Å²) < 4.78 is 1.56. The zero-order valence-corrected chi connectivity index (χ0v) is 12.5. The van der Waals surface area contributed by atoms with E-state index >= 15 is 0 Å². The number of hydrogen-bond donors (Lipinski definition) is 2. The van der Waals surface area contributed by atoms with Gasteiger partial charge >= 0.3 is 0 Å². The third-order valence-electron chi connectivity index (χ3n) is 2.80. The Bertz CT molecular complexity index is 537. The predicted octanol–water partition coefficient (Wildman–Crippen LogP) is 1.33. The molecule has 1 unspecified atom stereocenters. The summed E-state index contributed by atoms with van der Waals surface area (Å²) in [6, 6.07) is 4.01. The summed E-state index contributed by atoms with van der Waals surface area (Å²) in [6.07, 6.45) is 1.79. The van der Waals surface area contributed by atoms with Gasteiger partial charge < -0.3 is 10.6 Å². The van der Waals surface area contributed by atoms with E-state index in [2.05, 4.69) is 20.9 Å². The number of carbonyl (C=O) groups excluding carboxylic acids is 1. The minimum atomic E-state index is -0.0641. The van der Waals surface area contributed by atoms with Crippen molar-refractivity contribution >= 4 is 17.2 Å². The van der Waals surface area contributed by atoms with Gasteiger partial charge in [-0.15, -0.1) is 16.4 Å². The zero-order chi connectivity index (χ0) is 14.4. The molecule has 7 heteroatoms. The monoisotopic (exact) mass is 293 g/mol. The molecule has 0 aliphatic carbocycles. The third-order valence-corrected chi connectivity index (χ3v) is 3.85. The molecule has 2 heterocycles. The molecule has 1 amide bonds. The van der Waals surface area contributed by atoms with Crippen molar-refractivity contribution in [2.45, 2.75) is 33.0 Å². The van der Waals surface area contributed by atoms with Crippen molar-refractivity contribution in [1.29, 1.82) is 0 Å². The Hall–Kier alpha value is -1.73. The first-order valence-corrected chi connectivity index (χ1v) is 7.49. The van der Waals surface area contributed by atoms with Gasteiger partial charge in [-0.25, -0.2) is 4.68 Å². The van der Waals surface area contributed by atoms with Crippen LogP contribution in [0.25, 0.3) is 0 Å². The van der Waals surface area contributed by atoms with E-state index in [0.29, 0.717) is 6.54 Å². The Morgan fingerprint density at radius 3 is 3.10 bits per heavy atom. The minimum absolute atomic E-state index is 0.0206. The maximum atomic E-state index is 11.9. The molecule has 20 heavy (non-hydrogen) atoms. The molecule has 0 radical (unpaired) electrons. The van der Waals surface area contributed by atoms with E-state index in [-0.39, 0.29) is 18.5 Å². The number of nitrogens with zero attached hydrogens (tertiary/aromatic N) is 3. The molecule has 0 aliphatic heterocycles. The highest BCUT2D eigenvalue weighted by Gasteiger charge is 2.11. The molecular weight excluding hydrogens is 274 g/mol. The second-order valence-electron chi connectivity index (χ2n) is 4.49. The summed E-state index contributed by atoms with van der Waals surface area (Å²) in [6.45, 7) is 5.75. The number of amides is 1. The van der Waals surface area contributed by atoms with E-state index in [1.54, 1.807) is 22.2 Å². The van der Waals surface area contributed by atoms with Crippen LogP contribution in [-0.4, -0.2) is 27.4 Å². The molecule has 0 spiro atoms. The smallest absolute Gasteiger partial charge is 0.242 e. The van der Waals surface area contributed by atoms with Crippen LogP contribution in [0, 0.1) is 0 Å². The molecule has 2 N–H and O–H groups in total. The van der Waals surface area contributed by atoms with Crippen LogP contribution < -0.4 is 10.6 Å². The lowest BCUT2D eigenvalue weighted by Crippen LogP contribution is -2.29. The van der Waals surface area contributed by atoms with Crippen molar-refractivity contribution in [2.24, 2.45) is 0 Å². The van der Waals surface area contributed by atoms with Crippen LogP contribution >= 0.6 is 11.3 Å². The molecule has 108 valence electrons. The van der Waals surface area contributed by atoms with E-state index in [1.807, 2.05) is 31.4 Å². The zero-order valence-electron chi connectivity index (χ0n) is 11.7. The third kappa shape index (κ3) is 4.14. The minimum Gasteiger partial charge on any atom is -0.347 e. The number of aromatic nitrogens is 3. The molecular formula is C13H19N5OS. The number of hydrogen-bond acceptors (Lipinski definition) is 5. The molecule has 0 fully saturated rings. The summed E-state index contributed by atoms with van der Waals surface area (Å²) in [7, 11) is 0. The summed E-state index contributed by atoms with van der Waals surface area (Å²) in [5.74, 6) is -0.0641. The fourth-order valence-corrected chi connectivity index (χ4v) is 2.53. The van der Waals surface area contributed by atoms with E-state index in [1.165, 1.54) is 0 Å². The van der Waals surface area contributed by atoms with Crippen LogP contribution in [0.3, 0.4) is 0 Å². The molecule has 0 aromatic carbocycles. The first-order chi connectivity index (χ1) is 9.69. The van der Waals surface area contributed by atoms with Crippen molar-refractivity contribution in [1.82, 2.24) is 25.6 Å². The Labute approximate surface area is 122 Å². The van der Waals surface area contributed by atoms with Gasteiger partial charge in [0.05, 0.1) is 17.9 Å². The molecule has 0 bridgehead atoms. The standard InChI is InChI=1S/C13H19N5OS/c1-3-14-7-11-8-18(17-16-11)9-13(19)15-10(2)12-5-4-6-20-12/h4-6,8,10,14H,3,7,9H2,1-2H3,(H,15,19). The Morgan fingerprint density at radius 1 is 1.55 bits per heavy atom. The maximum absolute atomic E-state index is 11.9. The molecule has 2 aromatic rings. The number of nitrogens with one attached hydrogen (secondary N) is 2. The molecule has 0 saturated carbocycles. The van der Waals surface area contributed by atoms with Crippen molar-refractivity contribution in [3.63, 3.8) is 0 Å². The highest BCUT2D eigenvalue weighted by Crippen LogP contribution is 2.17. The quantitative estimate of drug-likeness (QED) is 0.808. The molecule has 6 nitrogen and oxygen atoms in total. The Kier molecular flexibility index (Phi) is 5.25. The van der Waals surface area contributed by atoms with Gasteiger partial charge in [-0.05, 0) is 24.9 Å². The number of thiophene rings is 1. The SMILES string of the molecule is CCNCc1cn(CC(=O)NC(C)c2cccs2)nn1. The van der Waals surface area contributed by atoms with Gasteiger partial charge in [-0.3, -0.25) is 4.79 Å². The fraction of sp³-hybridized carbons (Fsp3) is 0.462. The number of rotatable bonds is 7. The van der Waals surface area contributed by atoms with Gasteiger partial charge in [0.2, 0.25) is 5.91 Å². The highest BCUT2D eigenvalue weighted by atomic mass is 32.1. The van der Waals surface area contributed by atoms with Gasteiger partial charge in [0.25, 0.3) is 0 Å². The normalized spacial score (nSPS) is 12.3. The Balaban J connectivity index is 1.83. The largest absolute Gasteiger partial charge is 0.347 e. The second-order valence-corrected chi connectivity index (χ2v) is 5.47. The molecule has 0 aliphatic rings. The number of carbonyl (C=O) groups is 1. The summed E-state index contributed by atoms with van der Waals surface area (Å²) in [4.78, 5) is 13.1. The fourth-order valence-electron chi connectivity index (χ4n) is 1.79. The van der Waals surface area contributed by atoms with Crippen LogP contribution in [0.1, 0.15) is 30.5 Å². The maximum Gasteiger partial charge on any atom is 0.242 e. The van der Waals surface area contributed by atoms with Crippen molar-refractivity contribution in [2.75, 3.05) is 6.54 Å². The van der Waals surface area contributed by atoms with Gasteiger partial charge in [0.1, 0.15) is 6.54 Å². The Morgan fingerprint density at radius 2 is 2.40 bits per heavy atom. The topological polar surface area (TPSA) is 71.8 Å². The second kappa shape index (κ2) is 7.16. The van der Waals surface area contributed by atoms with Gasteiger partial charge in [-0.2, -0.15) is 0 Å².